The number of fused-ring (bicyclic) bond motifs is 1. The molecule has 1 aromatic carbocycles. The summed E-state index contributed by atoms with van der Waals surface area (Å²) in [4.78, 5) is 22.7. The molecule has 4 heterocycles. The summed E-state index contributed by atoms with van der Waals surface area (Å²) in [5.74, 6) is -0.368. The van der Waals surface area contributed by atoms with Gasteiger partial charge in [0.1, 0.15) is 0 Å². The number of thiazole rings is 1. The molecule has 1 N–H and O–H groups in total. The number of rotatable bonds is 5. The molecule has 0 unspecified atom stereocenters. The molecule has 1 saturated heterocycles. The van der Waals surface area contributed by atoms with E-state index < -0.39 is 11.7 Å². The van der Waals surface area contributed by atoms with Crippen LogP contribution >= 0.6 is 11.3 Å². The molecule has 0 spiro atoms. The van der Waals surface area contributed by atoms with Crippen LogP contribution in [0, 0.1) is 0 Å². The van der Waals surface area contributed by atoms with Gasteiger partial charge in [-0.3, -0.25) is 4.79 Å². The van der Waals surface area contributed by atoms with Crippen LogP contribution in [-0.4, -0.2) is 51.8 Å². The number of morpholine rings is 1. The molecule has 5 rings (SSSR count). The molecule has 1 aliphatic rings. The van der Waals surface area contributed by atoms with Crippen LogP contribution in [0.4, 0.5) is 24.0 Å². The highest BCUT2D eigenvalue weighted by Gasteiger charge is 2.35. The lowest BCUT2D eigenvalue weighted by Crippen LogP contribution is -2.36. The van der Waals surface area contributed by atoms with Crippen molar-refractivity contribution in [2.45, 2.75) is 12.6 Å². The van der Waals surface area contributed by atoms with E-state index in [2.05, 4.69) is 20.4 Å². The molecule has 0 aliphatic carbocycles. The van der Waals surface area contributed by atoms with E-state index in [9.17, 15) is 18.0 Å². The molecule has 4 aromatic rings. The summed E-state index contributed by atoms with van der Waals surface area (Å²) in [5, 5.41) is 9.17. The predicted octanol–water partition coefficient (Wildman–Crippen LogP) is 3.89. The Hall–Kier alpha value is -3.51. The van der Waals surface area contributed by atoms with Gasteiger partial charge in [-0.15, -0.1) is 16.4 Å². The first-order chi connectivity index (χ1) is 16.4. The largest absolute Gasteiger partial charge is 0.417 e. The van der Waals surface area contributed by atoms with Crippen LogP contribution in [0.2, 0.25) is 0 Å². The molecule has 0 bridgehead atoms. The normalized spacial score (nSPS) is 14.5. The fraction of sp³-hybridized carbons (Fsp3) is 0.273. The standard InChI is InChI=1S/C22H19F3N6O2S/c23-22(24,25)17-13-15(30-7-9-33-10-8-30)3-4-16(17)19-28-20-14(2-1-6-31(20)29-19)12-18(32)27-21-26-5-11-34-21/h1-6,11,13H,7-10,12H2,(H,26,27,32). The third-order valence-electron chi connectivity index (χ3n) is 5.40. The van der Waals surface area contributed by atoms with Gasteiger partial charge in [-0.1, -0.05) is 6.07 Å². The Bertz CT molecular complexity index is 1320. The Labute approximate surface area is 196 Å². The fourth-order valence-corrected chi connectivity index (χ4v) is 4.36. The van der Waals surface area contributed by atoms with Gasteiger partial charge in [-0.2, -0.15) is 13.2 Å². The number of hydrogen-bond acceptors (Lipinski definition) is 7. The highest BCUT2D eigenvalue weighted by atomic mass is 32.1. The number of amides is 1. The highest BCUT2D eigenvalue weighted by molar-refractivity contribution is 7.13. The topological polar surface area (TPSA) is 84.7 Å². The number of carbonyl (C=O) groups is 1. The molecular weight excluding hydrogens is 469 g/mol. The van der Waals surface area contributed by atoms with E-state index in [0.29, 0.717) is 48.3 Å². The maximum absolute atomic E-state index is 14.0. The zero-order valence-electron chi connectivity index (χ0n) is 17.7. The summed E-state index contributed by atoms with van der Waals surface area (Å²) in [6, 6.07) is 7.54. The zero-order chi connectivity index (χ0) is 23.7. The van der Waals surface area contributed by atoms with Crippen LogP contribution in [-0.2, 0) is 22.1 Å². The maximum Gasteiger partial charge on any atom is 0.417 e. The number of hydrogen-bond donors (Lipinski definition) is 1. The summed E-state index contributed by atoms with van der Waals surface area (Å²) in [6.45, 7) is 1.98. The average Bonchev–Trinajstić information content (AvgIpc) is 3.49. The van der Waals surface area contributed by atoms with Gasteiger partial charge in [-0.05, 0) is 24.3 Å². The Morgan fingerprint density at radius 2 is 2.03 bits per heavy atom. The van der Waals surface area contributed by atoms with Crippen molar-refractivity contribution in [3.05, 3.63) is 59.2 Å². The molecule has 3 aromatic heterocycles. The van der Waals surface area contributed by atoms with Crippen molar-refractivity contribution >= 4 is 33.7 Å². The fourth-order valence-electron chi connectivity index (χ4n) is 3.82. The van der Waals surface area contributed by atoms with Crippen molar-refractivity contribution in [3.8, 4) is 11.4 Å². The predicted molar refractivity (Wildman–Crippen MR) is 121 cm³/mol. The molecule has 34 heavy (non-hydrogen) atoms. The summed E-state index contributed by atoms with van der Waals surface area (Å²) < 4.78 is 48.7. The lowest BCUT2D eigenvalue weighted by atomic mass is 10.0. The molecule has 0 atom stereocenters. The van der Waals surface area contributed by atoms with Crippen LogP contribution in [0.25, 0.3) is 17.0 Å². The molecule has 12 heteroatoms. The highest BCUT2D eigenvalue weighted by Crippen LogP contribution is 2.38. The number of ether oxygens (including phenoxy) is 1. The molecule has 1 fully saturated rings. The first kappa shape index (κ1) is 22.3. The Kier molecular flexibility index (Phi) is 5.92. The van der Waals surface area contributed by atoms with Crippen LogP contribution in [0.15, 0.2) is 48.1 Å². The van der Waals surface area contributed by atoms with E-state index in [0.717, 1.165) is 6.07 Å². The summed E-state index contributed by atoms with van der Waals surface area (Å²) in [6.07, 6.45) is -1.45. The Morgan fingerprint density at radius 3 is 2.76 bits per heavy atom. The van der Waals surface area contributed by atoms with Gasteiger partial charge in [0, 0.05) is 47.7 Å². The minimum absolute atomic E-state index is 0.0237. The number of benzene rings is 1. The van der Waals surface area contributed by atoms with Gasteiger partial charge in [0.15, 0.2) is 16.6 Å². The number of anilines is 2. The number of carbonyl (C=O) groups excluding carboxylic acids is 1. The number of alkyl halides is 3. The molecule has 1 amide bonds. The zero-order valence-corrected chi connectivity index (χ0v) is 18.6. The van der Waals surface area contributed by atoms with Gasteiger partial charge < -0.3 is 15.0 Å². The second kappa shape index (κ2) is 9.03. The van der Waals surface area contributed by atoms with E-state index in [1.165, 1.54) is 21.9 Å². The smallest absolute Gasteiger partial charge is 0.378 e. The Balaban J connectivity index is 1.49. The summed E-state index contributed by atoms with van der Waals surface area (Å²) >= 11 is 1.29. The van der Waals surface area contributed by atoms with E-state index >= 15 is 0 Å². The van der Waals surface area contributed by atoms with E-state index in [1.54, 1.807) is 36.0 Å². The monoisotopic (exact) mass is 488 g/mol. The molecular formula is C22H19F3N6O2S. The lowest BCUT2D eigenvalue weighted by Gasteiger charge is -2.29. The van der Waals surface area contributed by atoms with Gasteiger partial charge in [0.25, 0.3) is 0 Å². The number of halogens is 3. The van der Waals surface area contributed by atoms with Crippen molar-refractivity contribution in [1.29, 1.82) is 0 Å². The van der Waals surface area contributed by atoms with Crippen molar-refractivity contribution in [1.82, 2.24) is 19.6 Å². The average molecular weight is 488 g/mol. The molecule has 0 saturated carbocycles. The van der Waals surface area contributed by atoms with Crippen LogP contribution in [0.5, 0.6) is 0 Å². The van der Waals surface area contributed by atoms with Crippen molar-refractivity contribution in [2.24, 2.45) is 0 Å². The number of nitrogens with zero attached hydrogens (tertiary/aromatic N) is 5. The first-order valence-corrected chi connectivity index (χ1v) is 11.3. The molecule has 8 nitrogen and oxygen atoms in total. The number of pyridine rings is 1. The van der Waals surface area contributed by atoms with Crippen molar-refractivity contribution in [3.63, 3.8) is 0 Å². The van der Waals surface area contributed by atoms with Crippen LogP contribution < -0.4 is 10.2 Å². The summed E-state index contributed by atoms with van der Waals surface area (Å²) in [5.41, 5.74) is 0.399. The van der Waals surface area contributed by atoms with E-state index in [1.807, 2.05) is 4.90 Å². The molecule has 176 valence electrons. The number of aromatic nitrogens is 4. The van der Waals surface area contributed by atoms with E-state index in [-0.39, 0.29) is 23.7 Å². The van der Waals surface area contributed by atoms with E-state index in [4.69, 9.17) is 4.74 Å². The second-order valence-electron chi connectivity index (χ2n) is 7.63. The van der Waals surface area contributed by atoms with Crippen LogP contribution in [0.1, 0.15) is 11.1 Å². The first-order valence-electron chi connectivity index (χ1n) is 10.5. The van der Waals surface area contributed by atoms with Crippen LogP contribution in [0.3, 0.4) is 0 Å². The molecule has 0 radical (unpaired) electrons. The SMILES string of the molecule is O=C(Cc1cccn2nc(-c3ccc(N4CCOCC4)cc3C(F)(F)F)nc12)Nc1nccs1. The van der Waals surface area contributed by atoms with Crippen molar-refractivity contribution in [2.75, 3.05) is 36.5 Å². The second-order valence-corrected chi connectivity index (χ2v) is 8.52. The number of nitrogens with one attached hydrogen (secondary N) is 1. The Morgan fingerprint density at radius 1 is 1.21 bits per heavy atom. The van der Waals surface area contributed by atoms with Gasteiger partial charge in [0.2, 0.25) is 5.91 Å². The summed E-state index contributed by atoms with van der Waals surface area (Å²) in [7, 11) is 0. The van der Waals surface area contributed by atoms with Gasteiger partial charge >= 0.3 is 6.18 Å². The van der Waals surface area contributed by atoms with Gasteiger partial charge in [-0.25, -0.2) is 14.5 Å². The maximum atomic E-state index is 14.0. The third kappa shape index (κ3) is 4.59. The third-order valence-corrected chi connectivity index (χ3v) is 6.09. The minimum atomic E-state index is -4.59. The van der Waals surface area contributed by atoms with Crippen molar-refractivity contribution < 1.29 is 22.7 Å². The van der Waals surface area contributed by atoms with Gasteiger partial charge in [0.05, 0.1) is 25.2 Å². The molecule has 1 aliphatic heterocycles. The quantitative estimate of drug-likeness (QED) is 0.459. The lowest BCUT2D eigenvalue weighted by molar-refractivity contribution is -0.137. The minimum Gasteiger partial charge on any atom is -0.378 e.